The Labute approximate surface area is 172 Å². The lowest BCUT2D eigenvalue weighted by atomic mass is 9.84. The third-order valence-electron chi connectivity index (χ3n) is 4.72. The van der Waals surface area contributed by atoms with Crippen LogP contribution < -0.4 is 4.74 Å². The minimum absolute atomic E-state index is 0.456. The number of benzene rings is 2. The Hall–Kier alpha value is -2.30. The molecular weight excluding hydrogens is 374 g/mol. The van der Waals surface area contributed by atoms with Crippen LogP contribution in [0.2, 0.25) is 5.02 Å². The summed E-state index contributed by atoms with van der Waals surface area (Å²) in [5.74, 6) is 1.98. The molecule has 2 aromatic carbocycles. The molecule has 0 radical (unpaired) electrons. The molecule has 28 heavy (non-hydrogen) atoms. The molecule has 1 fully saturated rings. The minimum atomic E-state index is -0.891. The van der Waals surface area contributed by atoms with E-state index in [1.165, 1.54) is 17.2 Å². The van der Waals surface area contributed by atoms with Gasteiger partial charge in [-0.1, -0.05) is 49.7 Å². The van der Waals surface area contributed by atoms with Crippen LogP contribution in [0.1, 0.15) is 43.7 Å². The number of para-hydroxylation sites is 1. The molecule has 4 rings (SSSR count). The Morgan fingerprint density at radius 3 is 2.32 bits per heavy atom. The molecule has 2 aliphatic rings. The smallest absolute Gasteiger partial charge is 0.327 e. The van der Waals surface area contributed by atoms with E-state index < -0.39 is 5.97 Å². The topological polar surface area (TPSA) is 49.8 Å². The van der Waals surface area contributed by atoms with Crippen LogP contribution >= 0.6 is 11.6 Å². The molecule has 1 N–H and O–H groups in total. The quantitative estimate of drug-likeness (QED) is 0.601. The van der Waals surface area contributed by atoms with Gasteiger partial charge in [-0.15, -0.1) is 0 Å². The zero-order valence-electron chi connectivity index (χ0n) is 16.9. The molecule has 5 heteroatoms. The van der Waals surface area contributed by atoms with Crippen molar-refractivity contribution in [2.45, 2.75) is 32.6 Å². The highest BCUT2D eigenvalue weighted by atomic mass is 35.5. The van der Waals surface area contributed by atoms with Crippen molar-refractivity contribution in [3.63, 3.8) is 0 Å². The van der Waals surface area contributed by atoms with Crippen LogP contribution in [0, 0.1) is 0 Å². The van der Waals surface area contributed by atoms with Gasteiger partial charge in [-0.2, -0.15) is 0 Å². The van der Waals surface area contributed by atoms with E-state index in [1.807, 2.05) is 32.0 Å². The van der Waals surface area contributed by atoms with Gasteiger partial charge in [0.2, 0.25) is 0 Å². The minimum Gasteiger partial charge on any atom is -0.478 e. The fourth-order valence-electron chi connectivity index (χ4n) is 3.67. The van der Waals surface area contributed by atoms with Crippen LogP contribution in [0.4, 0.5) is 0 Å². The van der Waals surface area contributed by atoms with E-state index in [0.717, 1.165) is 35.7 Å². The van der Waals surface area contributed by atoms with Crippen LogP contribution in [0.15, 0.2) is 54.6 Å². The highest BCUT2D eigenvalue weighted by molar-refractivity contribution is 6.30. The highest BCUT2D eigenvalue weighted by Gasteiger charge is 2.38. The first-order chi connectivity index (χ1) is 13.5. The number of aliphatic carboxylic acids is 1. The van der Waals surface area contributed by atoms with Crippen molar-refractivity contribution in [2.75, 3.05) is 20.1 Å². The molecule has 0 aliphatic carbocycles. The van der Waals surface area contributed by atoms with Crippen molar-refractivity contribution in [3.8, 4) is 11.5 Å². The van der Waals surface area contributed by atoms with E-state index in [2.05, 4.69) is 36.2 Å². The van der Waals surface area contributed by atoms with Gasteiger partial charge in [-0.25, -0.2) is 4.79 Å². The Bertz CT molecular complexity index is 834. The molecule has 2 heterocycles. The Balaban J connectivity index is 0.000000304. The average molecular weight is 402 g/mol. The van der Waals surface area contributed by atoms with Crippen molar-refractivity contribution in [1.29, 1.82) is 0 Å². The summed E-state index contributed by atoms with van der Waals surface area (Å²) >= 11 is 6.20. The Kier molecular flexibility index (Phi) is 8.09. The molecule has 0 spiro atoms. The summed E-state index contributed by atoms with van der Waals surface area (Å²) in [5, 5.41) is 8.61. The summed E-state index contributed by atoms with van der Waals surface area (Å²) in [6.45, 7) is 7.78. The molecule has 2 aliphatic heterocycles. The molecular formula is C23H28ClNO3. The number of fused-ring (bicyclic) bond motifs is 5. The van der Waals surface area contributed by atoms with Gasteiger partial charge in [-0.05, 0) is 43.8 Å². The van der Waals surface area contributed by atoms with Crippen molar-refractivity contribution < 1.29 is 14.6 Å². The normalized spacial score (nSPS) is 19.6. The van der Waals surface area contributed by atoms with Gasteiger partial charge in [0.05, 0.1) is 0 Å². The average Bonchev–Trinajstić information content (AvgIpc) is 3.02. The van der Waals surface area contributed by atoms with Crippen LogP contribution in [0.25, 0.3) is 0 Å². The molecule has 4 nitrogen and oxygen atoms in total. The standard InChI is InChI=1S/C17H16ClNO.C4H6O2.C2H6/c1-19-9-14-12-4-2-3-5-16(12)20-17-7-6-11(18)8-13(17)15(14)10-19;1-2-3-4(5)6;1-2/h2-8,14-15H,9-10H2,1H3;2-3H,1H3,(H,5,6);1-2H3/b;3-2+;. The summed E-state index contributed by atoms with van der Waals surface area (Å²) in [6, 6.07) is 14.4. The number of likely N-dealkylation sites (tertiary alicyclic amines) is 1. The molecule has 2 aromatic rings. The van der Waals surface area contributed by atoms with Gasteiger partial charge in [0.15, 0.2) is 0 Å². The van der Waals surface area contributed by atoms with Crippen LogP contribution in [-0.4, -0.2) is 36.1 Å². The second-order valence-corrected chi connectivity index (χ2v) is 7.03. The lowest BCUT2D eigenvalue weighted by Gasteiger charge is -2.17. The zero-order chi connectivity index (χ0) is 20.7. The van der Waals surface area contributed by atoms with E-state index >= 15 is 0 Å². The number of ether oxygens (including phenoxy) is 1. The van der Waals surface area contributed by atoms with E-state index in [1.54, 1.807) is 6.92 Å². The fraction of sp³-hybridized carbons (Fsp3) is 0.348. The summed E-state index contributed by atoms with van der Waals surface area (Å²) in [5.41, 5.74) is 2.55. The van der Waals surface area contributed by atoms with Crippen molar-refractivity contribution >= 4 is 17.6 Å². The van der Waals surface area contributed by atoms with E-state index in [0.29, 0.717) is 11.8 Å². The maximum atomic E-state index is 9.51. The molecule has 0 aromatic heterocycles. The summed E-state index contributed by atoms with van der Waals surface area (Å²) in [7, 11) is 2.18. The molecule has 0 amide bonds. The number of likely N-dealkylation sites (N-methyl/N-ethyl adjacent to an activating group) is 1. The number of nitrogens with zero attached hydrogens (tertiary/aromatic N) is 1. The van der Waals surface area contributed by atoms with Gasteiger partial charge < -0.3 is 14.7 Å². The summed E-state index contributed by atoms with van der Waals surface area (Å²) in [6.07, 6.45) is 2.56. The van der Waals surface area contributed by atoms with Crippen molar-refractivity contribution in [2.24, 2.45) is 0 Å². The van der Waals surface area contributed by atoms with Gasteiger partial charge >= 0.3 is 5.97 Å². The van der Waals surface area contributed by atoms with Crippen LogP contribution in [0.3, 0.4) is 0 Å². The van der Waals surface area contributed by atoms with E-state index in [-0.39, 0.29) is 0 Å². The fourth-order valence-corrected chi connectivity index (χ4v) is 3.85. The highest BCUT2D eigenvalue weighted by Crippen LogP contribution is 2.49. The lowest BCUT2D eigenvalue weighted by Crippen LogP contribution is -2.14. The maximum absolute atomic E-state index is 9.51. The maximum Gasteiger partial charge on any atom is 0.327 e. The number of carboxylic acid groups (broad SMARTS) is 1. The number of halogens is 1. The molecule has 150 valence electrons. The molecule has 2 unspecified atom stereocenters. The third-order valence-corrected chi connectivity index (χ3v) is 4.96. The number of carbonyl (C=O) groups is 1. The van der Waals surface area contributed by atoms with Crippen molar-refractivity contribution in [1.82, 2.24) is 4.90 Å². The Morgan fingerprint density at radius 2 is 1.71 bits per heavy atom. The van der Waals surface area contributed by atoms with Gasteiger partial charge in [0.25, 0.3) is 0 Å². The number of hydrogen-bond acceptors (Lipinski definition) is 3. The first-order valence-corrected chi connectivity index (χ1v) is 9.97. The van der Waals surface area contributed by atoms with E-state index in [9.17, 15) is 4.79 Å². The van der Waals surface area contributed by atoms with E-state index in [4.69, 9.17) is 21.4 Å². The number of allylic oxidation sites excluding steroid dienone is 1. The lowest BCUT2D eigenvalue weighted by molar-refractivity contribution is -0.131. The van der Waals surface area contributed by atoms with Crippen LogP contribution in [-0.2, 0) is 4.79 Å². The summed E-state index contributed by atoms with van der Waals surface area (Å²) in [4.78, 5) is 11.9. The van der Waals surface area contributed by atoms with Gasteiger partial charge in [0, 0.05) is 41.6 Å². The zero-order valence-corrected chi connectivity index (χ0v) is 17.6. The van der Waals surface area contributed by atoms with Crippen molar-refractivity contribution in [3.05, 3.63) is 70.8 Å². The SMILES string of the molecule is C/C=C/C(=O)O.CC.CN1CC2c3ccccc3Oc3ccc(Cl)cc3C2C1. The second-order valence-electron chi connectivity index (χ2n) is 6.59. The molecule has 1 saturated heterocycles. The largest absolute Gasteiger partial charge is 0.478 e. The Morgan fingerprint density at radius 1 is 1.11 bits per heavy atom. The second kappa shape index (κ2) is 10.3. The first-order valence-electron chi connectivity index (χ1n) is 9.60. The summed E-state index contributed by atoms with van der Waals surface area (Å²) < 4.78 is 6.15. The number of hydrogen-bond donors (Lipinski definition) is 1. The van der Waals surface area contributed by atoms with Crippen LogP contribution in [0.5, 0.6) is 11.5 Å². The predicted octanol–water partition coefficient (Wildman–Crippen LogP) is 5.93. The predicted molar refractivity (Wildman–Crippen MR) is 115 cm³/mol. The number of rotatable bonds is 1. The van der Waals surface area contributed by atoms with Gasteiger partial charge in [-0.3, -0.25) is 0 Å². The molecule has 2 atom stereocenters. The molecule has 0 bridgehead atoms. The third kappa shape index (κ3) is 5.15. The van der Waals surface area contributed by atoms with Gasteiger partial charge in [0.1, 0.15) is 11.5 Å². The monoisotopic (exact) mass is 401 g/mol. The number of carboxylic acids is 1. The first kappa shape index (κ1) is 22.0. The molecule has 0 saturated carbocycles.